The van der Waals surface area contributed by atoms with Crippen molar-refractivity contribution < 1.29 is 32.2 Å². The maximum atomic E-state index is 13.8. The van der Waals surface area contributed by atoms with Crippen LogP contribution >= 0.6 is 0 Å². The van der Waals surface area contributed by atoms with E-state index in [1.165, 1.54) is 6.26 Å². The molecule has 4 aromatic rings. The third kappa shape index (κ3) is 7.93. The van der Waals surface area contributed by atoms with Crippen molar-refractivity contribution >= 4 is 21.7 Å². The predicted molar refractivity (Wildman–Crippen MR) is 177 cm³/mol. The van der Waals surface area contributed by atoms with Gasteiger partial charge in [-0.25, -0.2) is 8.42 Å². The van der Waals surface area contributed by atoms with Crippen LogP contribution in [-0.4, -0.2) is 70.3 Å². The zero-order chi connectivity index (χ0) is 33.0. The molecule has 7 rings (SSSR count). The summed E-state index contributed by atoms with van der Waals surface area (Å²) in [6.07, 6.45) is 1.55. The van der Waals surface area contributed by atoms with Gasteiger partial charge in [-0.2, -0.15) is 0 Å². The van der Waals surface area contributed by atoms with Gasteiger partial charge < -0.3 is 24.8 Å². The average molecular weight is 656 g/mol. The van der Waals surface area contributed by atoms with Gasteiger partial charge in [0, 0.05) is 43.6 Å². The first-order chi connectivity index (χ1) is 22.6. The van der Waals surface area contributed by atoms with E-state index in [-0.39, 0.29) is 35.5 Å². The molecule has 6 bridgehead atoms. The molecule has 0 aliphatic carbocycles. The maximum absolute atomic E-state index is 13.8. The lowest BCUT2D eigenvalue weighted by Gasteiger charge is -2.39. The fourth-order valence-corrected chi connectivity index (χ4v) is 6.49. The largest absolute Gasteiger partial charge is 0.496 e. The molecular formula is C36H37N3O7S. The van der Waals surface area contributed by atoms with Gasteiger partial charge in [-0.1, -0.05) is 36.4 Å². The van der Waals surface area contributed by atoms with Gasteiger partial charge in [-0.05, 0) is 77.7 Å². The molecule has 0 aromatic heterocycles. The van der Waals surface area contributed by atoms with Gasteiger partial charge in [0.25, 0.3) is 11.8 Å². The number of rotatable bonds is 4. The molecule has 0 unspecified atom stereocenters. The smallest absolute Gasteiger partial charge is 0.258 e. The standard InChI is InChI=1S/C36H37N3O7S/c1-44-33-15-10-27-19-31(33)26-4-3-5-29(18-26)45-23-35(40)37-20-24-6-11-28(12-7-24)46-34-16-17-39(22-32(34)38-36(27)41)21-25-8-13-30(14-9-25)47(2,42)43/h3-15,18-19,32,34H,16-17,20-23H2,1-2H3,(H,37,40)(H,38,41)/t32-,34-/m1/s1. The highest BCUT2D eigenvalue weighted by atomic mass is 32.2. The van der Waals surface area contributed by atoms with E-state index in [9.17, 15) is 18.0 Å². The fraction of sp³-hybridized carbons (Fsp3) is 0.278. The van der Waals surface area contributed by atoms with E-state index in [0.29, 0.717) is 54.4 Å². The number of hydrogen-bond donors (Lipinski definition) is 2. The van der Waals surface area contributed by atoms with E-state index in [1.807, 2.05) is 54.6 Å². The highest BCUT2D eigenvalue weighted by molar-refractivity contribution is 7.90. The number of fused-ring (bicyclic) bond motifs is 7. The Kier molecular flexibility index (Phi) is 9.46. The Morgan fingerprint density at radius 1 is 0.915 bits per heavy atom. The van der Waals surface area contributed by atoms with E-state index < -0.39 is 9.84 Å². The number of hydrogen-bond acceptors (Lipinski definition) is 8. The summed E-state index contributed by atoms with van der Waals surface area (Å²) in [7, 11) is -1.71. The summed E-state index contributed by atoms with van der Waals surface area (Å²) in [5, 5.41) is 6.13. The molecule has 2 N–H and O–H groups in total. The Hall–Kier alpha value is -4.87. The molecule has 0 saturated carbocycles. The second kappa shape index (κ2) is 13.9. The fourth-order valence-electron chi connectivity index (χ4n) is 5.86. The van der Waals surface area contributed by atoms with E-state index in [0.717, 1.165) is 23.2 Å². The molecule has 244 valence electrons. The van der Waals surface area contributed by atoms with Crippen molar-refractivity contribution in [1.82, 2.24) is 15.5 Å². The number of nitrogens with zero attached hydrogens (tertiary/aromatic N) is 1. The van der Waals surface area contributed by atoms with Crippen molar-refractivity contribution in [1.29, 1.82) is 0 Å². The molecule has 4 aromatic carbocycles. The number of nitrogens with one attached hydrogen (secondary N) is 2. The molecular weight excluding hydrogens is 618 g/mol. The molecule has 2 atom stereocenters. The van der Waals surface area contributed by atoms with Gasteiger partial charge in [-0.3, -0.25) is 14.5 Å². The normalized spacial score (nSPS) is 18.9. The molecule has 0 spiro atoms. The summed E-state index contributed by atoms with van der Waals surface area (Å²) in [6.45, 7) is 2.04. The van der Waals surface area contributed by atoms with Crippen LogP contribution in [-0.2, 0) is 27.7 Å². The molecule has 3 aliphatic rings. The van der Waals surface area contributed by atoms with Crippen molar-refractivity contribution in [2.45, 2.75) is 36.6 Å². The zero-order valence-corrected chi connectivity index (χ0v) is 27.1. The van der Waals surface area contributed by atoms with E-state index in [1.54, 1.807) is 43.5 Å². The summed E-state index contributed by atoms with van der Waals surface area (Å²) >= 11 is 0. The van der Waals surface area contributed by atoms with Crippen LogP contribution in [0.1, 0.15) is 27.9 Å². The Bertz CT molecular complexity index is 1860. The monoisotopic (exact) mass is 655 g/mol. The number of likely N-dealkylation sites (tertiary alicyclic amines) is 1. The van der Waals surface area contributed by atoms with Gasteiger partial charge in [0.1, 0.15) is 23.4 Å². The molecule has 3 aliphatic heterocycles. The SMILES string of the molecule is COc1ccc2cc1-c1cccc(c1)OCC(=O)NCc1ccc(cc1)O[C@@H]1CCN(Cc3ccc(S(C)(=O)=O)cc3)C[C@H]1NC2=O. The number of carbonyl (C=O) groups excluding carboxylic acids is 2. The minimum absolute atomic E-state index is 0.143. The number of amides is 2. The van der Waals surface area contributed by atoms with Crippen LogP contribution < -0.4 is 24.8 Å². The summed E-state index contributed by atoms with van der Waals surface area (Å²) < 4.78 is 41.7. The number of methoxy groups -OCH3 is 1. The topological polar surface area (TPSA) is 123 Å². The average Bonchev–Trinajstić information content (AvgIpc) is 3.07. The highest BCUT2D eigenvalue weighted by Crippen LogP contribution is 2.33. The molecule has 0 radical (unpaired) electrons. The number of benzene rings is 4. The first kappa shape index (κ1) is 32.1. The van der Waals surface area contributed by atoms with Gasteiger partial charge in [0.05, 0.1) is 18.0 Å². The van der Waals surface area contributed by atoms with Crippen molar-refractivity contribution in [3.63, 3.8) is 0 Å². The Labute approximate surface area is 274 Å². The first-order valence-electron chi connectivity index (χ1n) is 15.4. The Balaban J connectivity index is 1.30. The van der Waals surface area contributed by atoms with Crippen LogP contribution in [0.5, 0.6) is 17.2 Å². The Morgan fingerprint density at radius 3 is 2.45 bits per heavy atom. The van der Waals surface area contributed by atoms with Gasteiger partial charge in [0.15, 0.2) is 16.4 Å². The third-order valence-corrected chi connectivity index (χ3v) is 9.51. The van der Waals surface area contributed by atoms with Crippen molar-refractivity contribution in [2.24, 2.45) is 0 Å². The van der Waals surface area contributed by atoms with Crippen LogP contribution in [0.15, 0.2) is 95.9 Å². The minimum Gasteiger partial charge on any atom is -0.496 e. The Morgan fingerprint density at radius 2 is 1.70 bits per heavy atom. The van der Waals surface area contributed by atoms with Crippen molar-refractivity contribution in [3.05, 3.63) is 108 Å². The summed E-state index contributed by atoms with van der Waals surface area (Å²) in [4.78, 5) is 28.9. The summed E-state index contributed by atoms with van der Waals surface area (Å²) in [6, 6.07) is 26.7. The van der Waals surface area contributed by atoms with Crippen LogP contribution in [0.4, 0.5) is 0 Å². The summed E-state index contributed by atoms with van der Waals surface area (Å²) in [5.74, 6) is 1.27. The lowest BCUT2D eigenvalue weighted by atomic mass is 9.98. The molecule has 11 heteroatoms. The number of piperidine rings is 1. The second-order valence-electron chi connectivity index (χ2n) is 11.8. The molecule has 1 fully saturated rings. The molecule has 47 heavy (non-hydrogen) atoms. The quantitative estimate of drug-likeness (QED) is 0.335. The van der Waals surface area contributed by atoms with Crippen LogP contribution in [0.3, 0.4) is 0 Å². The van der Waals surface area contributed by atoms with Crippen molar-refractivity contribution in [2.75, 3.05) is 33.1 Å². The number of ether oxygens (including phenoxy) is 3. The molecule has 1 saturated heterocycles. The predicted octanol–water partition coefficient (Wildman–Crippen LogP) is 4.23. The highest BCUT2D eigenvalue weighted by Gasteiger charge is 2.33. The van der Waals surface area contributed by atoms with Crippen LogP contribution in [0, 0.1) is 0 Å². The maximum Gasteiger partial charge on any atom is 0.258 e. The number of sulfone groups is 1. The first-order valence-corrected chi connectivity index (χ1v) is 17.3. The molecule has 2 amide bonds. The lowest BCUT2D eigenvalue weighted by Crippen LogP contribution is -2.56. The van der Waals surface area contributed by atoms with Gasteiger partial charge >= 0.3 is 0 Å². The van der Waals surface area contributed by atoms with Crippen molar-refractivity contribution in [3.8, 4) is 28.4 Å². The minimum atomic E-state index is -3.28. The molecule has 3 heterocycles. The van der Waals surface area contributed by atoms with Gasteiger partial charge in [0.2, 0.25) is 0 Å². The number of carbonyl (C=O) groups is 2. The van der Waals surface area contributed by atoms with E-state index in [2.05, 4.69) is 15.5 Å². The van der Waals surface area contributed by atoms with E-state index in [4.69, 9.17) is 14.2 Å². The van der Waals surface area contributed by atoms with Crippen LogP contribution in [0.2, 0.25) is 0 Å². The zero-order valence-electron chi connectivity index (χ0n) is 26.3. The third-order valence-electron chi connectivity index (χ3n) is 8.38. The lowest BCUT2D eigenvalue weighted by molar-refractivity contribution is -0.123. The molecule has 10 nitrogen and oxygen atoms in total. The second-order valence-corrected chi connectivity index (χ2v) is 13.8. The summed E-state index contributed by atoms with van der Waals surface area (Å²) in [5.41, 5.74) is 3.82. The van der Waals surface area contributed by atoms with Crippen LogP contribution in [0.25, 0.3) is 11.1 Å². The van der Waals surface area contributed by atoms with E-state index >= 15 is 0 Å². The van der Waals surface area contributed by atoms with Gasteiger partial charge in [-0.15, -0.1) is 0 Å².